The zero-order valence-electron chi connectivity index (χ0n) is 23.7. The maximum Gasteiger partial charge on any atom is 0.203 e. The maximum atomic E-state index is 13.6. The molecule has 0 aliphatic carbocycles. The summed E-state index contributed by atoms with van der Waals surface area (Å²) in [6.07, 6.45) is 3.38. The van der Waals surface area contributed by atoms with Gasteiger partial charge >= 0.3 is 0 Å². The zero-order chi connectivity index (χ0) is 29.9. The molecular weight excluding hydrogens is 580 g/mol. The van der Waals surface area contributed by atoms with E-state index in [1.165, 1.54) is 21.3 Å². The van der Waals surface area contributed by atoms with Crippen molar-refractivity contribution in [1.29, 1.82) is 0 Å². The molecule has 6 rings (SSSR count). The molecule has 214 valence electrons. The molecule has 0 amide bonds. The molecule has 0 aliphatic rings. The largest absolute Gasteiger partial charge is 0.493 e. The van der Waals surface area contributed by atoms with E-state index in [-0.39, 0.29) is 5.78 Å². The molecule has 2 heterocycles. The van der Waals surface area contributed by atoms with Crippen LogP contribution in [0, 0.1) is 0 Å². The number of hydrogen-bond acceptors (Lipinski definition) is 6. The Morgan fingerprint density at radius 1 is 0.791 bits per heavy atom. The average Bonchev–Trinajstić information content (AvgIpc) is 3.60. The van der Waals surface area contributed by atoms with Gasteiger partial charge in [0.15, 0.2) is 22.2 Å². The average molecular weight is 607 g/mol. The fourth-order valence-electron chi connectivity index (χ4n) is 5.03. The first kappa shape index (κ1) is 28.3. The molecule has 0 N–H and O–H groups in total. The van der Waals surface area contributed by atoms with Gasteiger partial charge in [-0.15, -0.1) is 0 Å². The summed E-state index contributed by atoms with van der Waals surface area (Å²) in [5.41, 5.74) is 5.94. The maximum absolute atomic E-state index is 13.6. The van der Waals surface area contributed by atoms with Gasteiger partial charge in [0.1, 0.15) is 0 Å². The third-order valence-electron chi connectivity index (χ3n) is 7.06. The molecule has 0 radical (unpaired) electrons. The van der Waals surface area contributed by atoms with Crippen LogP contribution in [0.3, 0.4) is 0 Å². The zero-order valence-corrected chi connectivity index (χ0v) is 25.3. The Morgan fingerprint density at radius 3 is 1.98 bits per heavy atom. The Bertz CT molecular complexity index is 1920. The molecule has 8 heteroatoms. The molecule has 0 saturated carbocycles. The Balaban J connectivity index is 1.57. The standard InChI is InChI=1S/C35H27ClN2O4S/c1-40-29-20-25(21-30(41-2)33(29)42-3)28(39)19-18-27-31(22-14-16-26(36)17-15-22)37-35-38(27)32(23-10-6-4-7-11-23)34(43-35)24-12-8-5-9-13-24/h4-21H,1-3H3/b19-18+. The van der Waals surface area contributed by atoms with E-state index in [2.05, 4.69) is 28.7 Å². The number of allylic oxidation sites excluding steroid dienone is 1. The number of fused-ring (bicyclic) bond motifs is 1. The number of nitrogens with zero attached hydrogens (tertiary/aromatic N) is 2. The van der Waals surface area contributed by atoms with Gasteiger partial charge in [0.05, 0.1) is 43.3 Å². The van der Waals surface area contributed by atoms with Crippen molar-refractivity contribution in [1.82, 2.24) is 9.38 Å². The summed E-state index contributed by atoms with van der Waals surface area (Å²) in [6, 6.07) is 31.3. The summed E-state index contributed by atoms with van der Waals surface area (Å²) in [6.45, 7) is 0. The fourth-order valence-corrected chi connectivity index (χ4v) is 6.31. The van der Waals surface area contributed by atoms with Gasteiger partial charge in [-0.2, -0.15) is 0 Å². The van der Waals surface area contributed by atoms with Crippen molar-refractivity contribution in [3.63, 3.8) is 0 Å². The first-order valence-electron chi connectivity index (χ1n) is 13.5. The normalized spacial score (nSPS) is 11.3. The number of benzene rings is 4. The van der Waals surface area contributed by atoms with Crippen molar-refractivity contribution in [3.05, 3.63) is 119 Å². The van der Waals surface area contributed by atoms with Gasteiger partial charge in [0.25, 0.3) is 0 Å². The van der Waals surface area contributed by atoms with Crippen molar-refractivity contribution >= 4 is 39.8 Å². The number of imidazole rings is 1. The van der Waals surface area contributed by atoms with Gasteiger partial charge in [-0.1, -0.05) is 95.7 Å². The lowest BCUT2D eigenvalue weighted by Crippen LogP contribution is -2.01. The Labute approximate surface area is 258 Å². The lowest BCUT2D eigenvalue weighted by atomic mass is 10.0. The highest BCUT2D eigenvalue weighted by atomic mass is 35.5. The highest BCUT2D eigenvalue weighted by Crippen LogP contribution is 2.43. The molecule has 0 unspecified atom stereocenters. The van der Waals surface area contributed by atoms with E-state index in [1.54, 1.807) is 29.5 Å². The summed E-state index contributed by atoms with van der Waals surface area (Å²) >= 11 is 7.83. The van der Waals surface area contributed by atoms with E-state index in [1.807, 2.05) is 66.7 Å². The molecule has 0 atom stereocenters. The first-order chi connectivity index (χ1) is 21.0. The number of aromatic nitrogens is 2. The number of ether oxygens (including phenoxy) is 3. The third kappa shape index (κ3) is 5.41. The second-order valence-corrected chi connectivity index (χ2v) is 11.0. The summed E-state index contributed by atoms with van der Waals surface area (Å²) in [7, 11) is 4.57. The first-order valence-corrected chi connectivity index (χ1v) is 14.7. The minimum atomic E-state index is -0.226. The summed E-state index contributed by atoms with van der Waals surface area (Å²) in [4.78, 5) is 20.6. The molecule has 2 aromatic heterocycles. The van der Waals surface area contributed by atoms with Crippen molar-refractivity contribution < 1.29 is 19.0 Å². The minimum Gasteiger partial charge on any atom is -0.493 e. The lowest BCUT2D eigenvalue weighted by Gasteiger charge is -2.13. The molecule has 43 heavy (non-hydrogen) atoms. The van der Waals surface area contributed by atoms with Crippen LogP contribution in [-0.2, 0) is 0 Å². The Kier molecular flexibility index (Phi) is 8.01. The van der Waals surface area contributed by atoms with Crippen molar-refractivity contribution in [2.45, 2.75) is 0 Å². The summed E-state index contributed by atoms with van der Waals surface area (Å²) in [5.74, 6) is 1.01. The minimum absolute atomic E-state index is 0.226. The van der Waals surface area contributed by atoms with Crippen LogP contribution in [0.15, 0.2) is 103 Å². The van der Waals surface area contributed by atoms with Gasteiger partial charge in [0, 0.05) is 21.7 Å². The van der Waals surface area contributed by atoms with Crippen LogP contribution in [-0.4, -0.2) is 36.5 Å². The number of halogens is 1. The molecular formula is C35H27ClN2O4S. The fraction of sp³-hybridized carbons (Fsp3) is 0.0857. The van der Waals surface area contributed by atoms with E-state index in [0.717, 1.165) is 43.6 Å². The SMILES string of the molecule is COc1cc(C(=O)/C=C/c2c(-c3ccc(Cl)cc3)nc3sc(-c4ccccc4)c(-c4ccccc4)n23)cc(OC)c1OC. The number of methoxy groups -OCH3 is 3. The summed E-state index contributed by atoms with van der Waals surface area (Å²) < 4.78 is 18.5. The van der Waals surface area contributed by atoms with Crippen LogP contribution in [0.2, 0.25) is 5.02 Å². The van der Waals surface area contributed by atoms with Crippen LogP contribution in [0.5, 0.6) is 17.2 Å². The van der Waals surface area contributed by atoms with Crippen LogP contribution < -0.4 is 14.2 Å². The van der Waals surface area contributed by atoms with Gasteiger partial charge in [0.2, 0.25) is 5.75 Å². The second-order valence-electron chi connectivity index (χ2n) is 9.59. The molecule has 6 nitrogen and oxygen atoms in total. The molecule has 0 saturated heterocycles. The number of carbonyl (C=O) groups is 1. The predicted octanol–water partition coefficient (Wildman–Crippen LogP) is 8.97. The molecule has 4 aromatic carbocycles. The highest BCUT2D eigenvalue weighted by Gasteiger charge is 2.23. The van der Waals surface area contributed by atoms with Crippen molar-refractivity contribution in [2.75, 3.05) is 21.3 Å². The van der Waals surface area contributed by atoms with E-state index >= 15 is 0 Å². The van der Waals surface area contributed by atoms with Crippen LogP contribution in [0.4, 0.5) is 0 Å². The predicted molar refractivity (Wildman–Crippen MR) is 174 cm³/mol. The van der Waals surface area contributed by atoms with Crippen molar-refractivity contribution in [2.24, 2.45) is 0 Å². The number of thiazole rings is 1. The van der Waals surface area contributed by atoms with E-state index in [0.29, 0.717) is 27.8 Å². The van der Waals surface area contributed by atoms with Crippen LogP contribution in [0.1, 0.15) is 16.1 Å². The molecule has 0 fully saturated rings. The number of rotatable bonds is 9. The van der Waals surface area contributed by atoms with Gasteiger partial charge < -0.3 is 14.2 Å². The Morgan fingerprint density at radius 2 is 1.40 bits per heavy atom. The van der Waals surface area contributed by atoms with Gasteiger partial charge in [-0.05, 0) is 42.0 Å². The van der Waals surface area contributed by atoms with Gasteiger partial charge in [-0.3, -0.25) is 9.20 Å². The molecule has 6 aromatic rings. The third-order valence-corrected chi connectivity index (χ3v) is 8.40. The number of hydrogen-bond donors (Lipinski definition) is 0. The van der Waals surface area contributed by atoms with E-state index in [4.69, 9.17) is 30.8 Å². The quantitative estimate of drug-likeness (QED) is 0.121. The smallest absolute Gasteiger partial charge is 0.203 e. The Hall–Kier alpha value is -4.85. The van der Waals surface area contributed by atoms with Crippen LogP contribution >= 0.6 is 22.9 Å². The van der Waals surface area contributed by atoms with E-state index in [9.17, 15) is 4.79 Å². The molecule has 0 aliphatic heterocycles. The van der Waals surface area contributed by atoms with Gasteiger partial charge in [-0.25, -0.2) is 4.98 Å². The molecule has 0 spiro atoms. The van der Waals surface area contributed by atoms with Crippen LogP contribution in [0.25, 0.3) is 44.0 Å². The van der Waals surface area contributed by atoms with E-state index < -0.39 is 0 Å². The lowest BCUT2D eigenvalue weighted by molar-refractivity contribution is 0.104. The highest BCUT2D eigenvalue weighted by molar-refractivity contribution is 7.21. The number of carbonyl (C=O) groups excluding carboxylic acids is 1. The van der Waals surface area contributed by atoms with Crippen molar-refractivity contribution in [3.8, 4) is 50.2 Å². The summed E-state index contributed by atoms with van der Waals surface area (Å²) in [5, 5.41) is 0.635. The topological polar surface area (TPSA) is 62.1 Å². The monoisotopic (exact) mass is 606 g/mol. The number of ketones is 1. The molecule has 0 bridgehead atoms. The second kappa shape index (κ2) is 12.2.